The molecule has 9 nitrogen and oxygen atoms in total. The van der Waals surface area contributed by atoms with Gasteiger partial charge >= 0.3 is 20.2 Å². The molecule has 0 fully saturated rings. The molecule has 0 amide bonds. The van der Waals surface area contributed by atoms with Gasteiger partial charge in [-0.15, -0.1) is 0 Å². The minimum absolute atomic E-state index is 0.0742. The van der Waals surface area contributed by atoms with Crippen molar-refractivity contribution in [2.24, 2.45) is 0 Å². The third-order valence-corrected chi connectivity index (χ3v) is 8.59. The average Bonchev–Trinajstić information content (AvgIpc) is 2.90. The minimum Gasteiger partial charge on any atom is -0.379 e. The van der Waals surface area contributed by atoms with Crippen molar-refractivity contribution in [3.63, 3.8) is 0 Å². The van der Waals surface area contributed by atoms with Crippen LogP contribution in [0.15, 0.2) is 101 Å². The van der Waals surface area contributed by atoms with Gasteiger partial charge in [0.1, 0.15) is 21.3 Å². The van der Waals surface area contributed by atoms with Gasteiger partial charge in [-0.2, -0.15) is 16.8 Å². The van der Waals surface area contributed by atoms with Crippen molar-refractivity contribution in [3.8, 4) is 11.5 Å². The van der Waals surface area contributed by atoms with Crippen molar-refractivity contribution in [2.45, 2.75) is 42.9 Å². The standard InChI is InChI=1S/C29H27NO8S2/c1-21-9-14-27(15-10-21)40(35,36)38-29-18-11-22(2)19-24(29)7-3-5-23-6-4-8-26(20-23)37-39(33,34)28-16-12-25(13-17-28)30(31)32/h4,6,8-20H,3,5,7H2,1-2H3. The quantitative estimate of drug-likeness (QED) is 0.121. The Morgan fingerprint density at radius 3 is 1.95 bits per heavy atom. The molecule has 0 saturated heterocycles. The second-order valence-corrected chi connectivity index (χ2v) is 12.3. The Morgan fingerprint density at radius 2 is 1.30 bits per heavy atom. The van der Waals surface area contributed by atoms with Crippen LogP contribution in [0.4, 0.5) is 5.69 Å². The number of rotatable bonds is 11. The van der Waals surface area contributed by atoms with Gasteiger partial charge in [0.2, 0.25) is 0 Å². The van der Waals surface area contributed by atoms with Crippen LogP contribution in [0.1, 0.15) is 28.7 Å². The number of non-ortho nitro benzene ring substituents is 1. The predicted octanol–water partition coefficient (Wildman–Crippen LogP) is 5.92. The van der Waals surface area contributed by atoms with E-state index in [0.717, 1.165) is 46.5 Å². The summed E-state index contributed by atoms with van der Waals surface area (Å²) in [6.07, 6.45) is 1.71. The molecule has 0 spiro atoms. The van der Waals surface area contributed by atoms with Crippen molar-refractivity contribution in [1.82, 2.24) is 0 Å². The maximum Gasteiger partial charge on any atom is 0.339 e. The Hall–Kier alpha value is -4.22. The van der Waals surface area contributed by atoms with Crippen molar-refractivity contribution < 1.29 is 30.1 Å². The summed E-state index contributed by atoms with van der Waals surface area (Å²) in [5, 5.41) is 10.8. The number of aryl methyl sites for hydroxylation is 4. The van der Waals surface area contributed by atoms with Crippen LogP contribution in [-0.4, -0.2) is 21.8 Å². The largest absolute Gasteiger partial charge is 0.379 e. The lowest BCUT2D eigenvalue weighted by Gasteiger charge is -2.13. The third kappa shape index (κ3) is 7.25. The van der Waals surface area contributed by atoms with Crippen molar-refractivity contribution in [3.05, 3.63) is 123 Å². The van der Waals surface area contributed by atoms with Gasteiger partial charge in [-0.25, -0.2) is 0 Å². The second kappa shape index (κ2) is 11.9. The molecular weight excluding hydrogens is 554 g/mol. The molecule has 0 aliphatic rings. The first kappa shape index (κ1) is 28.8. The number of hydrogen-bond donors (Lipinski definition) is 0. The van der Waals surface area contributed by atoms with Crippen LogP contribution in [0.2, 0.25) is 0 Å². The molecule has 0 aliphatic carbocycles. The van der Waals surface area contributed by atoms with Crippen LogP contribution in [0.5, 0.6) is 11.5 Å². The van der Waals surface area contributed by atoms with E-state index in [9.17, 15) is 26.9 Å². The smallest absolute Gasteiger partial charge is 0.339 e. The van der Waals surface area contributed by atoms with E-state index in [1.807, 2.05) is 26.0 Å². The summed E-state index contributed by atoms with van der Waals surface area (Å²) < 4.78 is 61.7. The highest BCUT2D eigenvalue weighted by Crippen LogP contribution is 2.27. The molecule has 0 N–H and O–H groups in total. The molecule has 40 heavy (non-hydrogen) atoms. The lowest BCUT2D eigenvalue weighted by Crippen LogP contribution is -2.11. The zero-order valence-electron chi connectivity index (χ0n) is 21.8. The Morgan fingerprint density at radius 1 is 0.700 bits per heavy atom. The molecule has 0 radical (unpaired) electrons. The van der Waals surface area contributed by atoms with E-state index in [0.29, 0.717) is 19.3 Å². The highest BCUT2D eigenvalue weighted by atomic mass is 32.2. The number of benzene rings is 4. The zero-order chi connectivity index (χ0) is 28.9. The lowest BCUT2D eigenvalue weighted by molar-refractivity contribution is -0.384. The molecular formula is C29H27NO8S2. The summed E-state index contributed by atoms with van der Waals surface area (Å²) in [7, 11) is -8.19. The second-order valence-electron chi connectivity index (χ2n) is 9.25. The summed E-state index contributed by atoms with van der Waals surface area (Å²) in [4.78, 5) is 10.1. The van der Waals surface area contributed by atoms with Gasteiger partial charge in [-0.1, -0.05) is 47.5 Å². The SMILES string of the molecule is Cc1ccc(S(=O)(=O)Oc2ccc(C)cc2CCCc2cccc(OS(=O)(=O)c3ccc([N+](=O)[O-])cc3)c2)cc1. The molecule has 4 aromatic rings. The van der Waals surface area contributed by atoms with Crippen LogP contribution in [-0.2, 0) is 33.1 Å². The summed E-state index contributed by atoms with van der Waals surface area (Å²) in [5.74, 6) is 0.372. The number of nitrogens with zero attached hydrogens (tertiary/aromatic N) is 1. The first-order chi connectivity index (χ1) is 18.9. The van der Waals surface area contributed by atoms with Crippen LogP contribution in [0.3, 0.4) is 0 Å². The summed E-state index contributed by atoms with van der Waals surface area (Å²) in [6.45, 7) is 3.78. The first-order valence-electron chi connectivity index (χ1n) is 12.3. The van der Waals surface area contributed by atoms with Gasteiger partial charge in [0, 0.05) is 12.1 Å². The summed E-state index contributed by atoms with van der Waals surface area (Å²) in [6, 6.07) is 22.8. The molecule has 0 saturated carbocycles. The highest BCUT2D eigenvalue weighted by Gasteiger charge is 2.20. The molecule has 4 aromatic carbocycles. The fraction of sp³-hybridized carbons (Fsp3) is 0.172. The minimum atomic E-state index is -4.19. The molecule has 0 bridgehead atoms. The molecule has 0 heterocycles. The van der Waals surface area contributed by atoms with Gasteiger partial charge in [0.25, 0.3) is 5.69 Å². The Kier molecular flexibility index (Phi) is 8.55. The van der Waals surface area contributed by atoms with E-state index in [2.05, 4.69) is 0 Å². The van der Waals surface area contributed by atoms with E-state index < -0.39 is 25.2 Å². The van der Waals surface area contributed by atoms with Crippen LogP contribution >= 0.6 is 0 Å². The molecule has 11 heteroatoms. The van der Waals surface area contributed by atoms with Crippen LogP contribution in [0.25, 0.3) is 0 Å². The molecule has 4 rings (SSSR count). The topological polar surface area (TPSA) is 130 Å². The summed E-state index contributed by atoms with van der Waals surface area (Å²) >= 11 is 0. The fourth-order valence-electron chi connectivity index (χ4n) is 4.00. The summed E-state index contributed by atoms with van der Waals surface area (Å²) in [5.41, 5.74) is 3.23. The predicted molar refractivity (Wildman–Crippen MR) is 150 cm³/mol. The molecule has 0 unspecified atom stereocenters. The molecule has 208 valence electrons. The fourth-order valence-corrected chi connectivity index (χ4v) is 5.89. The Labute approximate surface area is 233 Å². The lowest BCUT2D eigenvalue weighted by atomic mass is 10.0. The maximum atomic E-state index is 12.8. The van der Waals surface area contributed by atoms with Crippen LogP contribution in [0, 0.1) is 24.0 Å². The van der Waals surface area contributed by atoms with E-state index >= 15 is 0 Å². The number of nitro groups is 1. The average molecular weight is 582 g/mol. The van der Waals surface area contributed by atoms with E-state index in [1.165, 1.54) is 18.2 Å². The first-order valence-corrected chi connectivity index (χ1v) is 15.1. The van der Waals surface area contributed by atoms with Gasteiger partial charge in [0.05, 0.1) is 4.92 Å². The Balaban J connectivity index is 1.43. The Bertz CT molecular complexity index is 1730. The zero-order valence-corrected chi connectivity index (χ0v) is 23.4. The van der Waals surface area contributed by atoms with Crippen LogP contribution < -0.4 is 8.37 Å². The van der Waals surface area contributed by atoms with Crippen molar-refractivity contribution in [2.75, 3.05) is 0 Å². The number of hydrogen-bond acceptors (Lipinski definition) is 8. The van der Waals surface area contributed by atoms with E-state index in [4.69, 9.17) is 8.37 Å². The van der Waals surface area contributed by atoms with Gasteiger partial charge in [-0.3, -0.25) is 10.1 Å². The molecule has 0 aromatic heterocycles. The van der Waals surface area contributed by atoms with Crippen molar-refractivity contribution >= 4 is 25.9 Å². The van der Waals surface area contributed by atoms with Gasteiger partial charge in [0.15, 0.2) is 0 Å². The maximum absolute atomic E-state index is 12.8. The molecule has 0 aliphatic heterocycles. The number of nitro benzene ring substituents is 1. The third-order valence-electron chi connectivity index (χ3n) is 6.08. The normalized spacial score (nSPS) is 11.7. The van der Waals surface area contributed by atoms with Crippen molar-refractivity contribution in [1.29, 1.82) is 0 Å². The highest BCUT2D eigenvalue weighted by molar-refractivity contribution is 7.87. The van der Waals surface area contributed by atoms with Gasteiger partial charge < -0.3 is 8.37 Å². The van der Waals surface area contributed by atoms with Gasteiger partial charge in [-0.05, 0) is 86.7 Å². The monoisotopic (exact) mass is 581 g/mol. The van der Waals surface area contributed by atoms with E-state index in [-0.39, 0.29) is 27.0 Å². The van der Waals surface area contributed by atoms with E-state index in [1.54, 1.807) is 36.4 Å². The molecule has 0 atom stereocenters.